The van der Waals surface area contributed by atoms with Crippen molar-refractivity contribution in [1.82, 2.24) is 14.2 Å². The molecule has 3 rings (SSSR count). The number of ether oxygens (including phenoxy) is 1. The third-order valence-corrected chi connectivity index (χ3v) is 9.77. The van der Waals surface area contributed by atoms with E-state index in [1.54, 1.807) is 39.3 Å². The molecule has 210 valence electrons. The van der Waals surface area contributed by atoms with Crippen LogP contribution in [0.25, 0.3) is 0 Å². The van der Waals surface area contributed by atoms with Crippen molar-refractivity contribution in [1.29, 1.82) is 0 Å². The normalized spacial score (nSPS) is 14.9. The molecule has 0 unspecified atom stereocenters. The molecule has 1 aliphatic heterocycles. The summed E-state index contributed by atoms with van der Waals surface area (Å²) in [6.45, 7) is 13.5. The molecule has 1 fully saturated rings. The third kappa shape index (κ3) is 7.55. The summed E-state index contributed by atoms with van der Waals surface area (Å²) in [5.74, 6) is 2.30. The predicted octanol–water partition coefficient (Wildman–Crippen LogP) is 4.09. The highest BCUT2D eigenvalue weighted by molar-refractivity contribution is 7.89. The number of sulfonamides is 1. The van der Waals surface area contributed by atoms with Gasteiger partial charge < -0.3 is 14.5 Å². The van der Waals surface area contributed by atoms with Gasteiger partial charge in [-0.15, -0.1) is 0 Å². The van der Waals surface area contributed by atoms with Crippen LogP contribution < -0.4 is 9.64 Å². The van der Waals surface area contributed by atoms with Crippen molar-refractivity contribution in [3.8, 4) is 5.75 Å². The largest absolute Gasteiger partial charge is 0.497 e. The Bertz CT molecular complexity index is 1150. The average Bonchev–Trinajstić information content (AvgIpc) is 2.90. The average molecular weight is 545 g/mol. The van der Waals surface area contributed by atoms with Crippen LogP contribution >= 0.6 is 0 Å². The third-order valence-electron chi connectivity index (χ3n) is 7.60. The van der Waals surface area contributed by atoms with Gasteiger partial charge >= 0.3 is 0 Å². The Hall–Kier alpha value is -2.49. The molecule has 0 amide bonds. The fraction of sp³-hybridized carbons (Fsp3) is 0.586. The zero-order valence-electron chi connectivity index (χ0n) is 23.9. The molecule has 1 saturated heterocycles. The van der Waals surface area contributed by atoms with Crippen molar-refractivity contribution in [3.05, 3.63) is 47.2 Å². The summed E-state index contributed by atoms with van der Waals surface area (Å²) in [6, 6.07) is 7.39. The van der Waals surface area contributed by atoms with E-state index in [4.69, 9.17) is 4.74 Å². The number of pyridine rings is 1. The maximum Gasteiger partial charge on any atom is 0.243 e. The Labute approximate surface area is 229 Å². The molecule has 2 heterocycles. The number of carbonyl (C=O) groups excluding carboxylic acids is 1. The highest BCUT2D eigenvalue weighted by Crippen LogP contribution is 2.28. The van der Waals surface area contributed by atoms with Crippen LogP contribution in [0.2, 0.25) is 0 Å². The van der Waals surface area contributed by atoms with Crippen molar-refractivity contribution < 1.29 is 17.9 Å². The summed E-state index contributed by atoms with van der Waals surface area (Å²) in [7, 11) is -0.644. The molecule has 0 bridgehead atoms. The molecule has 0 atom stereocenters. The highest BCUT2D eigenvalue weighted by atomic mass is 32.2. The summed E-state index contributed by atoms with van der Waals surface area (Å²) < 4.78 is 32.9. The molecule has 1 aliphatic rings. The van der Waals surface area contributed by atoms with Crippen molar-refractivity contribution in [2.24, 2.45) is 5.92 Å². The van der Waals surface area contributed by atoms with Crippen LogP contribution in [0.5, 0.6) is 5.75 Å². The SMILES string of the molecule is CCN(CC)CC1CCN(c2ccc(CC(=O)CCN(C)S(=O)(=O)c3c(C)cc(OC)cc3C)cn2)CC1. The van der Waals surface area contributed by atoms with E-state index in [0.29, 0.717) is 16.9 Å². The number of carbonyl (C=O) groups is 1. The lowest BCUT2D eigenvalue weighted by molar-refractivity contribution is -0.118. The first-order valence-corrected chi connectivity index (χ1v) is 15.1. The molecular formula is C29H44N4O4S. The van der Waals surface area contributed by atoms with Gasteiger partial charge in [0.2, 0.25) is 10.0 Å². The number of ketones is 1. The van der Waals surface area contributed by atoms with E-state index in [1.807, 2.05) is 12.1 Å². The number of piperidine rings is 1. The predicted molar refractivity (Wildman–Crippen MR) is 153 cm³/mol. The minimum Gasteiger partial charge on any atom is -0.497 e. The number of hydrogen-bond donors (Lipinski definition) is 0. The first-order valence-electron chi connectivity index (χ1n) is 13.6. The maximum absolute atomic E-state index is 13.2. The van der Waals surface area contributed by atoms with Crippen molar-refractivity contribution in [2.75, 3.05) is 58.3 Å². The van der Waals surface area contributed by atoms with Gasteiger partial charge in [-0.1, -0.05) is 19.9 Å². The number of benzene rings is 1. The van der Waals surface area contributed by atoms with E-state index in [0.717, 1.165) is 43.5 Å². The number of aryl methyl sites for hydroxylation is 2. The number of anilines is 1. The number of hydrogen-bond acceptors (Lipinski definition) is 7. The Morgan fingerprint density at radius 3 is 2.26 bits per heavy atom. The van der Waals surface area contributed by atoms with E-state index < -0.39 is 10.0 Å². The fourth-order valence-electron chi connectivity index (χ4n) is 5.21. The topological polar surface area (TPSA) is 83.0 Å². The van der Waals surface area contributed by atoms with Gasteiger partial charge in [-0.25, -0.2) is 17.7 Å². The zero-order chi connectivity index (χ0) is 27.9. The molecule has 0 radical (unpaired) electrons. The number of nitrogens with zero attached hydrogens (tertiary/aromatic N) is 4. The van der Waals surface area contributed by atoms with Crippen LogP contribution in [0.4, 0.5) is 5.82 Å². The summed E-state index contributed by atoms with van der Waals surface area (Å²) in [4.78, 5) is 22.4. The van der Waals surface area contributed by atoms with Crippen LogP contribution in [0.3, 0.4) is 0 Å². The second-order valence-corrected chi connectivity index (χ2v) is 12.3. The van der Waals surface area contributed by atoms with Crippen LogP contribution in [0.15, 0.2) is 35.4 Å². The molecule has 1 aromatic carbocycles. The quantitative estimate of drug-likeness (QED) is 0.376. The zero-order valence-corrected chi connectivity index (χ0v) is 24.7. The Morgan fingerprint density at radius 2 is 1.74 bits per heavy atom. The molecule has 8 nitrogen and oxygen atoms in total. The van der Waals surface area contributed by atoms with Gasteiger partial charge in [0.05, 0.1) is 12.0 Å². The first kappa shape index (κ1) is 30.1. The molecule has 38 heavy (non-hydrogen) atoms. The second-order valence-electron chi connectivity index (χ2n) is 10.3. The molecule has 2 aromatic rings. The molecule has 1 aromatic heterocycles. The monoisotopic (exact) mass is 544 g/mol. The lowest BCUT2D eigenvalue weighted by Gasteiger charge is -2.35. The highest BCUT2D eigenvalue weighted by Gasteiger charge is 2.26. The Balaban J connectivity index is 1.50. The van der Waals surface area contributed by atoms with Gasteiger partial charge in [0.25, 0.3) is 0 Å². The molecule has 0 aliphatic carbocycles. The van der Waals surface area contributed by atoms with Crippen LogP contribution in [0, 0.1) is 19.8 Å². The molecule has 0 N–H and O–H groups in total. The van der Waals surface area contributed by atoms with Gasteiger partial charge in [0.15, 0.2) is 0 Å². The molecule has 0 saturated carbocycles. The van der Waals surface area contributed by atoms with Crippen molar-refractivity contribution >= 4 is 21.6 Å². The first-order chi connectivity index (χ1) is 18.1. The number of Topliss-reactive ketones (excluding diaryl/α,β-unsaturated/α-hetero) is 1. The lowest BCUT2D eigenvalue weighted by atomic mass is 9.96. The summed E-state index contributed by atoms with van der Waals surface area (Å²) in [5, 5.41) is 0. The number of methoxy groups -OCH3 is 1. The molecule has 0 spiro atoms. The van der Waals surface area contributed by atoms with Gasteiger partial charge in [0.1, 0.15) is 17.4 Å². The standard InChI is InChI=1S/C29H44N4O4S/c1-7-32(8-2)21-24-11-15-33(16-12-24)28-10-9-25(20-30-28)19-26(34)13-14-31(5)38(35,36)29-22(3)17-27(37-6)18-23(29)4/h9-10,17-18,20,24H,7-8,11-16,19,21H2,1-6H3. The van der Waals surface area contributed by atoms with Crippen LogP contribution in [-0.4, -0.2) is 81.8 Å². The molecular weight excluding hydrogens is 500 g/mol. The van der Waals surface area contributed by atoms with Crippen molar-refractivity contribution in [2.45, 2.75) is 58.3 Å². The number of rotatable bonds is 13. The maximum atomic E-state index is 13.2. The minimum atomic E-state index is -3.72. The smallest absolute Gasteiger partial charge is 0.243 e. The van der Waals surface area contributed by atoms with Gasteiger partial charge in [0, 0.05) is 52.3 Å². The van der Waals surface area contributed by atoms with Crippen LogP contribution in [0.1, 0.15) is 49.8 Å². The Morgan fingerprint density at radius 1 is 1.11 bits per heavy atom. The number of aromatic nitrogens is 1. The fourth-order valence-corrected chi connectivity index (χ4v) is 6.78. The van der Waals surface area contributed by atoms with Gasteiger partial charge in [-0.05, 0) is 80.6 Å². The Kier molecular flexibility index (Phi) is 10.7. The van der Waals surface area contributed by atoms with Crippen molar-refractivity contribution in [3.63, 3.8) is 0 Å². The van der Waals surface area contributed by atoms with Gasteiger partial charge in [-0.2, -0.15) is 0 Å². The van der Waals surface area contributed by atoms with E-state index in [1.165, 1.54) is 30.7 Å². The lowest BCUT2D eigenvalue weighted by Crippen LogP contribution is -2.39. The summed E-state index contributed by atoms with van der Waals surface area (Å²) in [5.41, 5.74) is 2.10. The van der Waals surface area contributed by atoms with E-state index >= 15 is 0 Å². The molecule has 9 heteroatoms. The van der Waals surface area contributed by atoms with E-state index in [9.17, 15) is 13.2 Å². The van der Waals surface area contributed by atoms with E-state index in [-0.39, 0.29) is 30.1 Å². The minimum absolute atomic E-state index is 0.0120. The van der Waals surface area contributed by atoms with Gasteiger partial charge in [-0.3, -0.25) is 4.79 Å². The summed E-state index contributed by atoms with van der Waals surface area (Å²) >= 11 is 0. The van der Waals surface area contributed by atoms with Crippen LogP contribution in [-0.2, 0) is 21.2 Å². The summed E-state index contributed by atoms with van der Waals surface area (Å²) in [6.07, 6.45) is 4.51. The second kappa shape index (κ2) is 13.5. The van der Waals surface area contributed by atoms with E-state index in [2.05, 4.69) is 28.6 Å².